The highest BCUT2D eigenvalue weighted by molar-refractivity contribution is 5.84. The summed E-state index contributed by atoms with van der Waals surface area (Å²) in [7, 11) is 0. The standard InChI is InChI=1S/C20H24N4O2/c1-14(2)12-24-15(3)9-18(16(24)4)11-22-23-20(25)13-26-19-8-6-5-7-17(19)10-21/h5-9,11,14H,12-13H2,1-4H3,(H,23,25)/b22-11+. The summed E-state index contributed by atoms with van der Waals surface area (Å²) in [5.74, 6) is 0.550. The highest BCUT2D eigenvalue weighted by Gasteiger charge is 2.09. The first-order chi connectivity index (χ1) is 12.4. The molecule has 0 saturated heterocycles. The molecule has 136 valence electrons. The van der Waals surface area contributed by atoms with Crippen molar-refractivity contribution >= 4 is 12.1 Å². The lowest BCUT2D eigenvalue weighted by molar-refractivity contribution is -0.123. The van der Waals surface area contributed by atoms with E-state index in [1.54, 1.807) is 30.5 Å². The molecule has 6 heteroatoms. The largest absolute Gasteiger partial charge is 0.482 e. The van der Waals surface area contributed by atoms with Crippen LogP contribution in [0.2, 0.25) is 0 Å². The molecule has 1 N–H and O–H groups in total. The Labute approximate surface area is 154 Å². The van der Waals surface area contributed by atoms with Crippen LogP contribution in [0.25, 0.3) is 0 Å². The Hall–Kier alpha value is -3.07. The number of aromatic nitrogens is 1. The number of nitrogens with zero attached hydrogens (tertiary/aromatic N) is 3. The first-order valence-corrected chi connectivity index (χ1v) is 8.53. The van der Waals surface area contributed by atoms with Crippen molar-refractivity contribution in [2.24, 2.45) is 11.0 Å². The predicted molar refractivity (Wildman–Crippen MR) is 101 cm³/mol. The number of carbonyl (C=O) groups is 1. The van der Waals surface area contributed by atoms with Crippen molar-refractivity contribution in [2.75, 3.05) is 6.61 Å². The van der Waals surface area contributed by atoms with Crippen LogP contribution in [-0.4, -0.2) is 23.3 Å². The molecular weight excluding hydrogens is 328 g/mol. The molecule has 6 nitrogen and oxygen atoms in total. The van der Waals surface area contributed by atoms with Crippen molar-refractivity contribution in [1.82, 2.24) is 9.99 Å². The average Bonchev–Trinajstić information content (AvgIpc) is 2.87. The number of aryl methyl sites for hydroxylation is 1. The van der Waals surface area contributed by atoms with E-state index in [0.29, 0.717) is 17.2 Å². The van der Waals surface area contributed by atoms with Crippen LogP contribution in [0.1, 0.15) is 36.4 Å². The number of nitriles is 1. The summed E-state index contributed by atoms with van der Waals surface area (Å²) in [5, 5.41) is 13.0. The van der Waals surface area contributed by atoms with E-state index in [9.17, 15) is 4.79 Å². The van der Waals surface area contributed by atoms with Gasteiger partial charge in [-0.2, -0.15) is 10.4 Å². The smallest absolute Gasteiger partial charge is 0.277 e. The second kappa shape index (κ2) is 8.86. The number of para-hydroxylation sites is 1. The quantitative estimate of drug-likeness (QED) is 0.614. The van der Waals surface area contributed by atoms with E-state index >= 15 is 0 Å². The Morgan fingerprint density at radius 1 is 1.38 bits per heavy atom. The maximum Gasteiger partial charge on any atom is 0.277 e. The fourth-order valence-corrected chi connectivity index (χ4v) is 2.64. The number of amides is 1. The third-order valence-electron chi connectivity index (χ3n) is 3.92. The first kappa shape index (κ1) is 19.3. The molecule has 1 heterocycles. The minimum absolute atomic E-state index is 0.206. The molecule has 0 aliphatic rings. The van der Waals surface area contributed by atoms with E-state index in [0.717, 1.165) is 17.8 Å². The van der Waals surface area contributed by atoms with Crippen LogP contribution in [0, 0.1) is 31.1 Å². The second-order valence-corrected chi connectivity index (χ2v) is 6.52. The SMILES string of the molecule is Cc1cc(/C=N/NC(=O)COc2ccccc2C#N)c(C)n1CC(C)C. The highest BCUT2D eigenvalue weighted by Crippen LogP contribution is 2.16. The van der Waals surface area contributed by atoms with Crippen LogP contribution in [-0.2, 0) is 11.3 Å². The number of benzene rings is 1. The molecule has 0 fully saturated rings. The van der Waals surface area contributed by atoms with Gasteiger partial charge < -0.3 is 9.30 Å². The summed E-state index contributed by atoms with van der Waals surface area (Å²) in [6.07, 6.45) is 1.64. The van der Waals surface area contributed by atoms with Crippen LogP contribution >= 0.6 is 0 Å². The van der Waals surface area contributed by atoms with E-state index in [1.165, 1.54) is 5.69 Å². The minimum Gasteiger partial charge on any atom is -0.482 e. The van der Waals surface area contributed by atoms with Crippen LogP contribution in [0.4, 0.5) is 0 Å². The summed E-state index contributed by atoms with van der Waals surface area (Å²) in [6.45, 7) is 9.20. The van der Waals surface area contributed by atoms with E-state index in [2.05, 4.69) is 35.9 Å². The van der Waals surface area contributed by atoms with E-state index < -0.39 is 0 Å². The molecule has 26 heavy (non-hydrogen) atoms. The van der Waals surface area contributed by atoms with Crippen molar-refractivity contribution in [3.8, 4) is 11.8 Å². The van der Waals surface area contributed by atoms with Crippen LogP contribution in [0.3, 0.4) is 0 Å². The van der Waals surface area contributed by atoms with Gasteiger partial charge in [0.1, 0.15) is 11.8 Å². The monoisotopic (exact) mass is 352 g/mol. The van der Waals surface area contributed by atoms with E-state index in [-0.39, 0.29) is 12.5 Å². The fourth-order valence-electron chi connectivity index (χ4n) is 2.64. The number of ether oxygens (including phenoxy) is 1. The molecule has 1 amide bonds. The highest BCUT2D eigenvalue weighted by atomic mass is 16.5. The van der Waals surface area contributed by atoms with Crippen LogP contribution in [0.5, 0.6) is 5.75 Å². The molecule has 0 bridgehead atoms. The van der Waals surface area contributed by atoms with Crippen molar-refractivity contribution in [2.45, 2.75) is 34.2 Å². The maximum absolute atomic E-state index is 11.9. The Bertz CT molecular complexity index is 844. The number of hydrogen-bond donors (Lipinski definition) is 1. The number of hydrazone groups is 1. The molecule has 0 spiro atoms. The van der Waals surface area contributed by atoms with E-state index in [4.69, 9.17) is 10.00 Å². The normalized spacial score (nSPS) is 10.9. The zero-order valence-corrected chi connectivity index (χ0v) is 15.6. The third-order valence-corrected chi connectivity index (χ3v) is 3.92. The molecule has 0 aliphatic carbocycles. The van der Waals surface area contributed by atoms with Crippen molar-refractivity contribution in [3.05, 3.63) is 52.8 Å². The van der Waals surface area contributed by atoms with Gasteiger partial charge in [0, 0.05) is 23.5 Å². The van der Waals surface area contributed by atoms with Gasteiger partial charge in [-0.25, -0.2) is 5.43 Å². The second-order valence-electron chi connectivity index (χ2n) is 6.52. The fraction of sp³-hybridized carbons (Fsp3) is 0.350. The summed E-state index contributed by atoms with van der Waals surface area (Å²) in [6, 6.07) is 10.9. The summed E-state index contributed by atoms with van der Waals surface area (Å²) in [5.41, 5.74) is 6.10. The lowest BCUT2D eigenvalue weighted by Crippen LogP contribution is -2.24. The number of hydrogen-bond acceptors (Lipinski definition) is 4. The van der Waals surface area contributed by atoms with Gasteiger partial charge in [-0.15, -0.1) is 0 Å². The topological polar surface area (TPSA) is 79.4 Å². The number of carbonyl (C=O) groups excluding carboxylic acids is 1. The molecule has 2 aromatic rings. The van der Waals surface area contributed by atoms with Gasteiger partial charge in [-0.05, 0) is 38.0 Å². The van der Waals surface area contributed by atoms with E-state index in [1.807, 2.05) is 19.1 Å². The molecule has 0 aliphatic heterocycles. The molecule has 1 aromatic carbocycles. The number of rotatable bonds is 7. The van der Waals surface area contributed by atoms with Gasteiger partial charge in [0.15, 0.2) is 6.61 Å². The van der Waals surface area contributed by atoms with Crippen LogP contribution in [0.15, 0.2) is 35.4 Å². The molecule has 1 aromatic heterocycles. The summed E-state index contributed by atoms with van der Waals surface area (Å²) < 4.78 is 7.62. The predicted octanol–water partition coefficient (Wildman–Crippen LogP) is 3.16. The molecule has 0 unspecified atom stereocenters. The lowest BCUT2D eigenvalue weighted by Gasteiger charge is -2.11. The summed E-state index contributed by atoms with van der Waals surface area (Å²) in [4.78, 5) is 11.9. The van der Waals surface area contributed by atoms with Gasteiger partial charge in [-0.3, -0.25) is 4.79 Å². The van der Waals surface area contributed by atoms with Gasteiger partial charge in [0.05, 0.1) is 11.8 Å². The third kappa shape index (κ3) is 4.96. The number of nitrogens with one attached hydrogen (secondary N) is 1. The Morgan fingerprint density at radius 3 is 2.81 bits per heavy atom. The Morgan fingerprint density at radius 2 is 2.12 bits per heavy atom. The average molecular weight is 352 g/mol. The first-order valence-electron chi connectivity index (χ1n) is 8.53. The van der Waals surface area contributed by atoms with Gasteiger partial charge in [-0.1, -0.05) is 26.0 Å². The van der Waals surface area contributed by atoms with Gasteiger partial charge >= 0.3 is 0 Å². The molecular formula is C20H24N4O2. The zero-order valence-electron chi connectivity index (χ0n) is 15.6. The summed E-state index contributed by atoms with van der Waals surface area (Å²) >= 11 is 0. The Balaban J connectivity index is 1.92. The van der Waals surface area contributed by atoms with Crippen molar-refractivity contribution in [3.63, 3.8) is 0 Å². The van der Waals surface area contributed by atoms with Gasteiger partial charge in [0.2, 0.25) is 0 Å². The van der Waals surface area contributed by atoms with Gasteiger partial charge in [0.25, 0.3) is 5.91 Å². The molecule has 0 saturated carbocycles. The zero-order chi connectivity index (χ0) is 19.1. The van der Waals surface area contributed by atoms with Crippen molar-refractivity contribution in [1.29, 1.82) is 5.26 Å². The van der Waals surface area contributed by atoms with Crippen molar-refractivity contribution < 1.29 is 9.53 Å². The molecule has 2 rings (SSSR count). The lowest BCUT2D eigenvalue weighted by atomic mass is 10.2. The molecule has 0 radical (unpaired) electrons. The Kier molecular flexibility index (Phi) is 6.56. The minimum atomic E-state index is -0.384. The molecule has 0 atom stereocenters. The van der Waals surface area contributed by atoms with Crippen LogP contribution < -0.4 is 10.2 Å². The maximum atomic E-state index is 11.9.